The van der Waals surface area contributed by atoms with Crippen molar-refractivity contribution >= 4 is 23.4 Å². The SMILES string of the molecule is CCCn1c(=S)ncc2[nH]c(C3CC3)nc21. The summed E-state index contributed by atoms with van der Waals surface area (Å²) in [7, 11) is 0. The lowest BCUT2D eigenvalue weighted by Gasteiger charge is -2.03. The van der Waals surface area contributed by atoms with Gasteiger partial charge in [0, 0.05) is 12.5 Å². The number of aromatic amines is 1. The number of aryl methyl sites for hydroxylation is 1. The molecule has 0 saturated heterocycles. The molecular formula is C11H14N4S. The van der Waals surface area contributed by atoms with Crippen molar-refractivity contribution in [1.29, 1.82) is 0 Å². The maximum absolute atomic E-state index is 5.23. The Bertz CT molecular complexity index is 579. The highest BCUT2D eigenvalue weighted by molar-refractivity contribution is 7.71. The van der Waals surface area contributed by atoms with E-state index in [1.807, 2.05) is 4.57 Å². The summed E-state index contributed by atoms with van der Waals surface area (Å²) < 4.78 is 2.65. The number of imidazole rings is 1. The molecule has 0 unspecified atom stereocenters. The van der Waals surface area contributed by atoms with Gasteiger partial charge < -0.3 is 4.98 Å². The highest BCUT2D eigenvalue weighted by Crippen LogP contribution is 2.38. The fraction of sp³-hybridized carbons (Fsp3) is 0.545. The van der Waals surface area contributed by atoms with Crippen LogP contribution in [0.25, 0.3) is 11.2 Å². The van der Waals surface area contributed by atoms with Crippen LogP contribution in [0.1, 0.15) is 37.9 Å². The molecule has 2 heterocycles. The first kappa shape index (κ1) is 9.96. The zero-order chi connectivity index (χ0) is 11.1. The van der Waals surface area contributed by atoms with Gasteiger partial charge in [-0.1, -0.05) is 6.92 Å². The topological polar surface area (TPSA) is 46.5 Å². The van der Waals surface area contributed by atoms with E-state index < -0.39 is 0 Å². The molecule has 84 valence electrons. The van der Waals surface area contributed by atoms with E-state index in [-0.39, 0.29) is 0 Å². The number of fused-ring (bicyclic) bond motifs is 1. The first-order chi connectivity index (χ1) is 7.79. The van der Waals surface area contributed by atoms with Crippen molar-refractivity contribution in [3.05, 3.63) is 16.8 Å². The van der Waals surface area contributed by atoms with Crippen molar-refractivity contribution < 1.29 is 0 Å². The van der Waals surface area contributed by atoms with Crippen LogP contribution in [0.2, 0.25) is 0 Å². The van der Waals surface area contributed by atoms with Crippen LogP contribution in [0.5, 0.6) is 0 Å². The van der Waals surface area contributed by atoms with Gasteiger partial charge in [-0.15, -0.1) is 0 Å². The number of hydrogen-bond donors (Lipinski definition) is 1. The van der Waals surface area contributed by atoms with Crippen LogP contribution in [0.3, 0.4) is 0 Å². The minimum Gasteiger partial charge on any atom is -0.339 e. The van der Waals surface area contributed by atoms with E-state index >= 15 is 0 Å². The van der Waals surface area contributed by atoms with E-state index in [4.69, 9.17) is 12.2 Å². The van der Waals surface area contributed by atoms with Crippen molar-refractivity contribution in [2.45, 2.75) is 38.6 Å². The van der Waals surface area contributed by atoms with Gasteiger partial charge in [-0.2, -0.15) is 0 Å². The summed E-state index contributed by atoms with van der Waals surface area (Å²) >= 11 is 5.23. The van der Waals surface area contributed by atoms with Crippen molar-refractivity contribution in [3.8, 4) is 0 Å². The molecule has 1 aliphatic rings. The Balaban J connectivity index is 2.20. The minimum absolute atomic E-state index is 0.628. The molecule has 0 aromatic carbocycles. The third kappa shape index (κ3) is 1.55. The first-order valence-corrected chi connectivity index (χ1v) is 6.16. The normalized spacial score (nSPS) is 15.8. The first-order valence-electron chi connectivity index (χ1n) is 5.75. The van der Waals surface area contributed by atoms with Gasteiger partial charge >= 0.3 is 0 Å². The molecule has 0 atom stereocenters. The summed E-state index contributed by atoms with van der Waals surface area (Å²) in [6.07, 6.45) is 5.34. The molecule has 0 bridgehead atoms. The molecule has 5 heteroatoms. The number of H-pyrrole nitrogens is 1. The summed E-state index contributed by atoms with van der Waals surface area (Å²) in [6, 6.07) is 0. The monoisotopic (exact) mass is 234 g/mol. The molecule has 16 heavy (non-hydrogen) atoms. The number of rotatable bonds is 3. The number of nitrogens with zero attached hydrogens (tertiary/aromatic N) is 3. The van der Waals surface area contributed by atoms with Crippen LogP contribution in [-0.2, 0) is 6.54 Å². The molecule has 2 aromatic rings. The second kappa shape index (κ2) is 3.66. The molecule has 2 aromatic heterocycles. The van der Waals surface area contributed by atoms with Crippen LogP contribution >= 0.6 is 12.2 Å². The van der Waals surface area contributed by atoms with E-state index in [1.54, 1.807) is 6.20 Å². The Morgan fingerprint density at radius 2 is 2.38 bits per heavy atom. The second-order valence-corrected chi connectivity index (χ2v) is 4.69. The summed E-state index contributed by atoms with van der Waals surface area (Å²) in [5, 5.41) is 0. The molecule has 1 saturated carbocycles. The summed E-state index contributed by atoms with van der Waals surface area (Å²) in [5.74, 6) is 1.73. The molecule has 0 spiro atoms. The van der Waals surface area contributed by atoms with Gasteiger partial charge in [0.25, 0.3) is 0 Å². The molecule has 1 aliphatic carbocycles. The molecule has 1 fully saturated rings. The van der Waals surface area contributed by atoms with E-state index in [0.29, 0.717) is 10.7 Å². The van der Waals surface area contributed by atoms with Crippen molar-refractivity contribution in [1.82, 2.24) is 19.5 Å². The highest BCUT2D eigenvalue weighted by atomic mass is 32.1. The van der Waals surface area contributed by atoms with Gasteiger partial charge in [0.15, 0.2) is 5.65 Å². The molecule has 0 radical (unpaired) electrons. The number of aromatic nitrogens is 4. The van der Waals surface area contributed by atoms with Crippen LogP contribution < -0.4 is 0 Å². The maximum atomic E-state index is 5.23. The van der Waals surface area contributed by atoms with Crippen LogP contribution in [0.15, 0.2) is 6.20 Å². The Hall–Kier alpha value is -1.23. The quantitative estimate of drug-likeness (QED) is 0.831. The average molecular weight is 234 g/mol. The molecule has 0 aliphatic heterocycles. The summed E-state index contributed by atoms with van der Waals surface area (Å²) in [6.45, 7) is 3.02. The van der Waals surface area contributed by atoms with Gasteiger partial charge in [0.05, 0.1) is 6.20 Å². The summed E-state index contributed by atoms with van der Waals surface area (Å²) in [4.78, 5) is 12.2. The molecule has 1 N–H and O–H groups in total. The molecule has 3 rings (SSSR count). The molecular weight excluding hydrogens is 220 g/mol. The van der Waals surface area contributed by atoms with Crippen molar-refractivity contribution in [2.24, 2.45) is 0 Å². The number of nitrogens with one attached hydrogen (secondary N) is 1. The van der Waals surface area contributed by atoms with Gasteiger partial charge in [-0.3, -0.25) is 4.57 Å². The fourth-order valence-electron chi connectivity index (χ4n) is 1.95. The largest absolute Gasteiger partial charge is 0.339 e. The van der Waals surface area contributed by atoms with E-state index in [1.165, 1.54) is 12.8 Å². The average Bonchev–Trinajstić information content (AvgIpc) is 3.03. The van der Waals surface area contributed by atoms with Gasteiger partial charge in [0.2, 0.25) is 4.77 Å². The number of hydrogen-bond acceptors (Lipinski definition) is 3. The second-order valence-electron chi connectivity index (χ2n) is 4.33. The smallest absolute Gasteiger partial charge is 0.201 e. The fourth-order valence-corrected chi connectivity index (χ4v) is 2.18. The highest BCUT2D eigenvalue weighted by Gasteiger charge is 2.27. The van der Waals surface area contributed by atoms with E-state index in [0.717, 1.165) is 30.0 Å². The third-order valence-corrected chi connectivity index (χ3v) is 3.26. The predicted octanol–water partition coefficient (Wildman–Crippen LogP) is 2.78. The Labute approximate surface area is 98.7 Å². The standard InChI is InChI=1S/C11H14N4S/c1-2-5-15-10-8(6-12-11(15)16)13-9(14-10)7-3-4-7/h6-7H,2-5H2,1H3,(H,13,14). The third-order valence-electron chi connectivity index (χ3n) is 2.93. The zero-order valence-corrected chi connectivity index (χ0v) is 10.0. The lowest BCUT2D eigenvalue weighted by Crippen LogP contribution is -2.03. The maximum Gasteiger partial charge on any atom is 0.201 e. The van der Waals surface area contributed by atoms with Gasteiger partial charge in [-0.25, -0.2) is 9.97 Å². The molecule has 0 amide bonds. The summed E-state index contributed by atoms with van der Waals surface area (Å²) in [5.41, 5.74) is 1.97. The lowest BCUT2D eigenvalue weighted by atomic mass is 10.4. The van der Waals surface area contributed by atoms with Crippen LogP contribution in [-0.4, -0.2) is 19.5 Å². The Morgan fingerprint density at radius 1 is 1.56 bits per heavy atom. The minimum atomic E-state index is 0.628. The zero-order valence-electron chi connectivity index (χ0n) is 9.23. The Kier molecular flexibility index (Phi) is 2.28. The van der Waals surface area contributed by atoms with Crippen molar-refractivity contribution in [3.63, 3.8) is 0 Å². The Morgan fingerprint density at radius 3 is 3.06 bits per heavy atom. The van der Waals surface area contributed by atoms with Gasteiger partial charge in [-0.05, 0) is 31.5 Å². The van der Waals surface area contributed by atoms with Gasteiger partial charge in [0.1, 0.15) is 11.3 Å². The van der Waals surface area contributed by atoms with E-state index in [2.05, 4.69) is 21.9 Å². The van der Waals surface area contributed by atoms with Crippen LogP contribution in [0, 0.1) is 4.77 Å². The lowest BCUT2D eigenvalue weighted by molar-refractivity contribution is 0.670. The van der Waals surface area contributed by atoms with Crippen molar-refractivity contribution in [2.75, 3.05) is 0 Å². The van der Waals surface area contributed by atoms with E-state index in [9.17, 15) is 0 Å². The van der Waals surface area contributed by atoms with Crippen LogP contribution in [0.4, 0.5) is 0 Å². The molecule has 4 nitrogen and oxygen atoms in total. The predicted molar refractivity (Wildman–Crippen MR) is 65.0 cm³/mol.